The zero-order valence-corrected chi connectivity index (χ0v) is 13.1. The molecule has 0 amide bonds. The number of benzene rings is 2. The van der Waals surface area contributed by atoms with E-state index in [1.54, 1.807) is 11.8 Å². The van der Waals surface area contributed by atoms with E-state index < -0.39 is 0 Å². The Morgan fingerprint density at radius 1 is 1.11 bits per heavy atom. The Kier molecular flexibility index (Phi) is 5.16. The number of hydrogen-bond acceptors (Lipinski definition) is 3. The minimum Gasteiger partial charge on any atom is -0.491 e. The van der Waals surface area contributed by atoms with Gasteiger partial charge in [-0.3, -0.25) is 0 Å². The van der Waals surface area contributed by atoms with Crippen molar-refractivity contribution in [2.75, 3.05) is 12.3 Å². The van der Waals surface area contributed by atoms with E-state index in [1.165, 1.54) is 0 Å². The monoisotopic (exact) mass is 337 g/mol. The number of para-hydroxylation sites is 1. The highest BCUT2D eigenvalue weighted by molar-refractivity contribution is 9.10. The van der Waals surface area contributed by atoms with E-state index in [4.69, 9.17) is 10.5 Å². The van der Waals surface area contributed by atoms with Crippen LogP contribution in [0, 0.1) is 0 Å². The Balaban J connectivity index is 2.23. The molecule has 0 aliphatic carbocycles. The number of rotatable bonds is 5. The summed E-state index contributed by atoms with van der Waals surface area (Å²) in [4.78, 5) is 2.15. The molecule has 0 aliphatic heterocycles. The van der Waals surface area contributed by atoms with E-state index in [-0.39, 0.29) is 0 Å². The second kappa shape index (κ2) is 6.87. The summed E-state index contributed by atoms with van der Waals surface area (Å²) in [5.41, 5.74) is 6.87. The standard InChI is InChI=1S/C15H16BrNOS/c1-2-10-18-12-7-5-9-14(15(12)17)19-13-8-4-3-6-11(13)16/h3-9H,2,10,17H2,1H3. The molecule has 0 atom stereocenters. The number of nitrogens with two attached hydrogens (primary N) is 1. The molecule has 2 rings (SSSR count). The van der Waals surface area contributed by atoms with Gasteiger partial charge in [-0.15, -0.1) is 0 Å². The van der Waals surface area contributed by atoms with Crippen LogP contribution < -0.4 is 10.5 Å². The first-order valence-corrected chi connectivity index (χ1v) is 7.77. The Labute approximate surface area is 126 Å². The second-order valence-electron chi connectivity index (χ2n) is 4.05. The first-order chi connectivity index (χ1) is 9.22. The van der Waals surface area contributed by atoms with Crippen molar-refractivity contribution in [3.8, 4) is 5.75 Å². The van der Waals surface area contributed by atoms with Crippen LogP contribution in [0.5, 0.6) is 5.75 Å². The zero-order valence-electron chi connectivity index (χ0n) is 10.7. The molecule has 0 aromatic heterocycles. The lowest BCUT2D eigenvalue weighted by Crippen LogP contribution is -1.99. The Hall–Kier alpha value is -1.13. The van der Waals surface area contributed by atoms with Crippen LogP contribution in [0.1, 0.15) is 13.3 Å². The van der Waals surface area contributed by atoms with Gasteiger partial charge >= 0.3 is 0 Å². The molecule has 4 heteroatoms. The third-order valence-electron chi connectivity index (χ3n) is 2.54. The molecule has 0 spiro atoms. The smallest absolute Gasteiger partial charge is 0.143 e. The van der Waals surface area contributed by atoms with Crippen LogP contribution in [0.2, 0.25) is 0 Å². The number of hydrogen-bond donors (Lipinski definition) is 1. The maximum Gasteiger partial charge on any atom is 0.143 e. The van der Waals surface area contributed by atoms with Gasteiger partial charge in [0.05, 0.1) is 12.3 Å². The van der Waals surface area contributed by atoms with Crippen molar-refractivity contribution >= 4 is 33.4 Å². The van der Waals surface area contributed by atoms with Crippen molar-refractivity contribution in [2.24, 2.45) is 0 Å². The fourth-order valence-electron chi connectivity index (χ4n) is 1.60. The van der Waals surface area contributed by atoms with E-state index in [9.17, 15) is 0 Å². The average molecular weight is 338 g/mol. The minimum absolute atomic E-state index is 0.688. The van der Waals surface area contributed by atoms with Gasteiger partial charge in [0.25, 0.3) is 0 Å². The molecule has 0 saturated heterocycles. The highest BCUT2D eigenvalue weighted by Crippen LogP contribution is 2.39. The van der Waals surface area contributed by atoms with E-state index >= 15 is 0 Å². The summed E-state index contributed by atoms with van der Waals surface area (Å²) < 4.78 is 6.71. The van der Waals surface area contributed by atoms with Gasteiger partial charge in [0.2, 0.25) is 0 Å². The van der Waals surface area contributed by atoms with Gasteiger partial charge in [-0.25, -0.2) is 0 Å². The molecule has 0 heterocycles. The second-order valence-corrected chi connectivity index (χ2v) is 5.99. The lowest BCUT2D eigenvalue weighted by molar-refractivity contribution is 0.318. The topological polar surface area (TPSA) is 35.2 Å². The molecule has 0 aliphatic rings. The Morgan fingerprint density at radius 3 is 2.58 bits per heavy atom. The van der Waals surface area contributed by atoms with E-state index in [0.717, 1.165) is 26.4 Å². The lowest BCUT2D eigenvalue weighted by Gasteiger charge is -2.12. The largest absolute Gasteiger partial charge is 0.491 e. The van der Waals surface area contributed by atoms with Gasteiger partial charge < -0.3 is 10.5 Å². The van der Waals surface area contributed by atoms with Crippen molar-refractivity contribution < 1.29 is 4.74 Å². The first kappa shape index (κ1) is 14.3. The molecular formula is C15H16BrNOS. The molecule has 0 unspecified atom stereocenters. The van der Waals surface area contributed by atoms with Crippen LogP contribution in [-0.4, -0.2) is 6.61 Å². The van der Waals surface area contributed by atoms with Crippen molar-refractivity contribution in [2.45, 2.75) is 23.1 Å². The molecule has 2 aromatic carbocycles. The minimum atomic E-state index is 0.688. The summed E-state index contributed by atoms with van der Waals surface area (Å²) in [7, 11) is 0. The third kappa shape index (κ3) is 3.67. The summed E-state index contributed by atoms with van der Waals surface area (Å²) in [5, 5.41) is 0. The van der Waals surface area contributed by atoms with Crippen LogP contribution in [0.15, 0.2) is 56.7 Å². The van der Waals surface area contributed by atoms with E-state index in [2.05, 4.69) is 28.9 Å². The fraction of sp³-hybridized carbons (Fsp3) is 0.200. The summed E-state index contributed by atoms with van der Waals surface area (Å²) in [6.07, 6.45) is 0.973. The van der Waals surface area contributed by atoms with Gasteiger partial charge in [-0.2, -0.15) is 0 Å². The Bertz CT molecular complexity index is 560. The van der Waals surface area contributed by atoms with Crippen molar-refractivity contribution in [1.82, 2.24) is 0 Å². The van der Waals surface area contributed by atoms with Gasteiger partial charge in [0.1, 0.15) is 5.75 Å². The molecule has 2 N–H and O–H groups in total. The Morgan fingerprint density at radius 2 is 1.84 bits per heavy atom. The zero-order chi connectivity index (χ0) is 13.7. The fourth-order valence-corrected chi connectivity index (χ4v) is 3.03. The SMILES string of the molecule is CCCOc1cccc(Sc2ccccc2Br)c1N. The molecule has 0 fully saturated rings. The van der Waals surface area contributed by atoms with E-state index in [0.29, 0.717) is 12.3 Å². The highest BCUT2D eigenvalue weighted by Gasteiger charge is 2.09. The maximum atomic E-state index is 6.16. The maximum absolute atomic E-state index is 6.16. The summed E-state index contributed by atoms with van der Waals surface area (Å²) >= 11 is 5.18. The van der Waals surface area contributed by atoms with Gasteiger partial charge in [-0.1, -0.05) is 36.9 Å². The summed E-state index contributed by atoms with van der Waals surface area (Å²) in [5.74, 6) is 0.763. The third-order valence-corrected chi connectivity index (χ3v) is 4.65. The van der Waals surface area contributed by atoms with Gasteiger partial charge in [0.15, 0.2) is 0 Å². The normalized spacial score (nSPS) is 10.4. The number of nitrogen functional groups attached to an aromatic ring is 1. The molecule has 0 bridgehead atoms. The molecule has 2 nitrogen and oxygen atoms in total. The molecule has 0 radical (unpaired) electrons. The number of anilines is 1. The highest BCUT2D eigenvalue weighted by atomic mass is 79.9. The van der Waals surface area contributed by atoms with Crippen LogP contribution >= 0.6 is 27.7 Å². The summed E-state index contributed by atoms with van der Waals surface area (Å²) in [6.45, 7) is 2.77. The quantitative estimate of drug-likeness (QED) is 0.782. The molecular weight excluding hydrogens is 322 g/mol. The molecule has 19 heavy (non-hydrogen) atoms. The van der Waals surface area contributed by atoms with Crippen LogP contribution in [0.4, 0.5) is 5.69 Å². The van der Waals surface area contributed by atoms with Crippen molar-refractivity contribution in [3.63, 3.8) is 0 Å². The average Bonchev–Trinajstić information content (AvgIpc) is 2.42. The van der Waals surface area contributed by atoms with Gasteiger partial charge in [0, 0.05) is 14.3 Å². The number of ether oxygens (including phenoxy) is 1. The first-order valence-electron chi connectivity index (χ1n) is 6.16. The van der Waals surface area contributed by atoms with Crippen molar-refractivity contribution in [1.29, 1.82) is 0 Å². The lowest BCUT2D eigenvalue weighted by atomic mass is 10.3. The molecule has 2 aromatic rings. The van der Waals surface area contributed by atoms with Crippen LogP contribution in [0.3, 0.4) is 0 Å². The predicted molar refractivity (Wildman–Crippen MR) is 84.9 cm³/mol. The predicted octanol–water partition coefficient (Wildman–Crippen LogP) is 4.97. The van der Waals surface area contributed by atoms with Gasteiger partial charge in [-0.05, 0) is 46.6 Å². The summed E-state index contributed by atoms with van der Waals surface area (Å²) in [6, 6.07) is 14.0. The molecule has 100 valence electrons. The van der Waals surface area contributed by atoms with Crippen molar-refractivity contribution in [3.05, 3.63) is 46.9 Å². The number of halogens is 1. The molecule has 0 saturated carbocycles. The van der Waals surface area contributed by atoms with E-state index in [1.807, 2.05) is 36.4 Å². The van der Waals surface area contributed by atoms with Crippen LogP contribution in [-0.2, 0) is 0 Å². The van der Waals surface area contributed by atoms with Crippen LogP contribution in [0.25, 0.3) is 0 Å².